The molecule has 242 valence electrons. The molecule has 1 aromatic heterocycles. The van der Waals surface area contributed by atoms with Gasteiger partial charge in [-0.3, -0.25) is 4.79 Å². The zero-order valence-corrected chi connectivity index (χ0v) is 28.9. The van der Waals surface area contributed by atoms with E-state index in [2.05, 4.69) is 109 Å². The Labute approximate surface area is 299 Å². The molecule has 0 saturated heterocycles. The summed E-state index contributed by atoms with van der Waals surface area (Å²) in [5.74, 6) is 0.687. The molecule has 0 fully saturated rings. The molecule has 0 atom stereocenters. The summed E-state index contributed by atoms with van der Waals surface area (Å²) in [7, 11) is 0. The molecule has 0 unspecified atom stereocenters. The van der Waals surface area contributed by atoms with Crippen LogP contribution in [0, 0.1) is 0 Å². The van der Waals surface area contributed by atoms with Crippen LogP contribution >= 0.6 is 22.9 Å². The molecule has 0 spiro atoms. The normalized spacial score (nSPS) is 10.1. The minimum absolute atomic E-state index is 0.0752. The van der Waals surface area contributed by atoms with E-state index in [1.54, 1.807) is 0 Å². The van der Waals surface area contributed by atoms with Crippen LogP contribution in [0.15, 0.2) is 200 Å². The van der Waals surface area contributed by atoms with Crippen LogP contribution in [0.1, 0.15) is 32.6 Å². The monoisotopic (exact) mass is 674 g/mol. The highest BCUT2D eigenvalue weighted by Gasteiger charge is 2.06. The lowest BCUT2D eigenvalue weighted by atomic mass is 10.0. The Morgan fingerprint density at radius 2 is 0.694 bits per heavy atom. The fourth-order valence-electron chi connectivity index (χ4n) is 5.17. The Balaban J connectivity index is 0.000000130. The van der Waals surface area contributed by atoms with Crippen LogP contribution in [0.4, 0.5) is 0 Å². The van der Waals surface area contributed by atoms with Gasteiger partial charge in [0.1, 0.15) is 0 Å². The van der Waals surface area contributed by atoms with Crippen molar-refractivity contribution in [2.45, 2.75) is 18.7 Å². The minimum Gasteiger partial charge on any atom is -0.289 e. The topological polar surface area (TPSA) is 17.1 Å². The highest BCUT2D eigenvalue weighted by molar-refractivity contribution is 7.25. The van der Waals surface area contributed by atoms with Crippen molar-refractivity contribution in [3.8, 4) is 0 Å². The van der Waals surface area contributed by atoms with Crippen molar-refractivity contribution < 1.29 is 4.79 Å². The molecule has 1 nitrogen and oxygen atoms in total. The van der Waals surface area contributed by atoms with Crippen molar-refractivity contribution >= 4 is 48.9 Å². The molecule has 3 heteroatoms. The largest absolute Gasteiger partial charge is 0.289 e. The summed E-state index contributed by atoms with van der Waals surface area (Å²) in [6, 6.07) is 66.9. The highest BCUT2D eigenvalue weighted by Crippen LogP contribution is 2.32. The molecule has 8 aromatic rings. The lowest BCUT2D eigenvalue weighted by molar-refractivity contribution is 0.103. The summed E-state index contributed by atoms with van der Waals surface area (Å²) in [6.07, 6.45) is 2.26. The molecule has 0 radical (unpaired) electrons. The standard InChI is InChI=1S/C14H14.C13H10O.C12H8S.C7H7Cl/c1-3-7-13(8-4-1)11-12-14-9-5-2-6-10-14;14-13(11-7-3-1-4-8-11)12-9-5-2-6-10-12;1-3-7-11-9(5-1)10-6-2-4-8-12(10)13-11;8-6-7-4-2-1-3-5-7/h1-10H,11-12H2;1-10H;1-8H;1-5H,6H2. The highest BCUT2D eigenvalue weighted by atomic mass is 35.5. The van der Waals surface area contributed by atoms with Crippen LogP contribution in [-0.4, -0.2) is 5.78 Å². The quantitative estimate of drug-likeness (QED) is 0.127. The second kappa shape index (κ2) is 19.5. The fourth-order valence-corrected chi connectivity index (χ4v) is 6.45. The molecule has 1 heterocycles. The predicted molar refractivity (Wildman–Crippen MR) is 212 cm³/mol. The SMILES string of the molecule is ClCc1ccccc1.O=C(c1ccccc1)c1ccccc1.c1ccc(CCc2ccccc2)cc1.c1ccc2c(c1)sc1ccccc12. The molecule has 7 aromatic carbocycles. The van der Waals surface area contributed by atoms with E-state index in [1.165, 1.54) is 36.9 Å². The van der Waals surface area contributed by atoms with Crippen molar-refractivity contribution in [1.82, 2.24) is 0 Å². The maximum absolute atomic E-state index is 11.8. The molecule has 49 heavy (non-hydrogen) atoms. The number of hydrogen-bond acceptors (Lipinski definition) is 2. The van der Waals surface area contributed by atoms with Gasteiger partial charge in [0, 0.05) is 37.2 Å². The molecule has 0 aliphatic heterocycles. The third-order valence-corrected chi connectivity index (χ3v) is 9.20. The van der Waals surface area contributed by atoms with Gasteiger partial charge in [0.25, 0.3) is 0 Å². The second-order valence-corrected chi connectivity index (χ2v) is 12.6. The number of benzene rings is 7. The van der Waals surface area contributed by atoms with Gasteiger partial charge in [-0.15, -0.1) is 22.9 Å². The number of fused-ring (bicyclic) bond motifs is 3. The van der Waals surface area contributed by atoms with E-state index in [4.69, 9.17) is 11.6 Å². The van der Waals surface area contributed by atoms with Gasteiger partial charge in [-0.1, -0.05) is 188 Å². The molecule has 8 rings (SSSR count). The summed E-state index contributed by atoms with van der Waals surface area (Å²) in [6.45, 7) is 0. The van der Waals surface area contributed by atoms with Gasteiger partial charge in [-0.05, 0) is 41.7 Å². The van der Waals surface area contributed by atoms with Gasteiger partial charge in [-0.2, -0.15) is 0 Å². The average molecular weight is 675 g/mol. The first kappa shape index (κ1) is 35.0. The summed E-state index contributed by atoms with van der Waals surface area (Å²) < 4.78 is 2.76. The minimum atomic E-state index is 0.0752. The van der Waals surface area contributed by atoms with Gasteiger partial charge >= 0.3 is 0 Å². The number of carbonyl (C=O) groups excluding carboxylic acids is 1. The molecular formula is C46H39ClOS. The second-order valence-electron chi connectivity index (χ2n) is 11.2. The van der Waals surface area contributed by atoms with E-state index in [0.29, 0.717) is 5.88 Å². The zero-order chi connectivity index (χ0) is 33.9. The van der Waals surface area contributed by atoms with Crippen LogP contribution in [0.25, 0.3) is 20.2 Å². The Morgan fingerprint density at radius 3 is 1.04 bits per heavy atom. The Hall–Kier alpha value is -5.28. The van der Waals surface area contributed by atoms with E-state index in [9.17, 15) is 4.79 Å². The molecule has 0 N–H and O–H groups in total. The molecular weight excluding hydrogens is 636 g/mol. The maximum atomic E-state index is 11.8. The lowest BCUT2D eigenvalue weighted by Gasteiger charge is -2.01. The first-order chi connectivity index (χ1) is 24.2. The first-order valence-corrected chi connectivity index (χ1v) is 17.7. The molecule has 0 bridgehead atoms. The van der Waals surface area contributed by atoms with Crippen molar-refractivity contribution in [2.75, 3.05) is 0 Å². The van der Waals surface area contributed by atoms with Crippen LogP contribution in [0.3, 0.4) is 0 Å². The third kappa shape index (κ3) is 11.1. The fraction of sp³-hybridized carbons (Fsp3) is 0.0652. The van der Waals surface area contributed by atoms with Crippen LogP contribution in [0.2, 0.25) is 0 Å². The third-order valence-electron chi connectivity index (χ3n) is 7.74. The Kier molecular flexibility index (Phi) is 14.0. The smallest absolute Gasteiger partial charge is 0.193 e. The predicted octanol–water partition coefficient (Wildman–Crippen LogP) is 12.9. The van der Waals surface area contributed by atoms with E-state index < -0.39 is 0 Å². The summed E-state index contributed by atoms with van der Waals surface area (Å²) in [4.78, 5) is 11.8. The van der Waals surface area contributed by atoms with E-state index >= 15 is 0 Å². The van der Waals surface area contributed by atoms with E-state index in [-0.39, 0.29) is 5.78 Å². The van der Waals surface area contributed by atoms with Crippen molar-refractivity contribution in [3.63, 3.8) is 0 Å². The van der Waals surface area contributed by atoms with Gasteiger partial charge in [0.15, 0.2) is 5.78 Å². The number of aryl methyl sites for hydroxylation is 2. The summed E-state index contributed by atoms with van der Waals surface area (Å²) in [5.41, 5.74) is 5.47. The summed E-state index contributed by atoms with van der Waals surface area (Å²) >= 11 is 7.39. The van der Waals surface area contributed by atoms with Gasteiger partial charge < -0.3 is 0 Å². The lowest BCUT2D eigenvalue weighted by Crippen LogP contribution is -1.99. The Bertz CT molecular complexity index is 1960. The van der Waals surface area contributed by atoms with Crippen LogP contribution < -0.4 is 0 Å². The average Bonchev–Trinajstić information content (AvgIpc) is 3.58. The first-order valence-electron chi connectivity index (χ1n) is 16.4. The van der Waals surface area contributed by atoms with Crippen molar-refractivity contribution in [2.24, 2.45) is 0 Å². The van der Waals surface area contributed by atoms with Gasteiger partial charge in [-0.25, -0.2) is 0 Å². The molecule has 0 saturated carbocycles. The van der Waals surface area contributed by atoms with Gasteiger partial charge in [0.2, 0.25) is 0 Å². The number of alkyl halides is 1. The van der Waals surface area contributed by atoms with Crippen LogP contribution in [-0.2, 0) is 18.7 Å². The number of thiophene rings is 1. The number of carbonyl (C=O) groups is 1. The molecule has 0 amide bonds. The molecule has 0 aliphatic rings. The number of rotatable bonds is 6. The summed E-state index contributed by atoms with van der Waals surface area (Å²) in [5, 5.41) is 2.76. The number of hydrogen-bond donors (Lipinski definition) is 0. The van der Waals surface area contributed by atoms with Gasteiger partial charge in [0.05, 0.1) is 0 Å². The van der Waals surface area contributed by atoms with E-state index in [0.717, 1.165) is 24.0 Å². The Morgan fingerprint density at radius 1 is 0.388 bits per heavy atom. The number of halogens is 1. The molecule has 0 aliphatic carbocycles. The van der Waals surface area contributed by atoms with Crippen LogP contribution in [0.5, 0.6) is 0 Å². The maximum Gasteiger partial charge on any atom is 0.193 e. The van der Waals surface area contributed by atoms with E-state index in [1.807, 2.05) is 102 Å². The van der Waals surface area contributed by atoms with Crippen molar-refractivity contribution in [1.29, 1.82) is 0 Å². The number of ketones is 1. The zero-order valence-electron chi connectivity index (χ0n) is 27.4. The van der Waals surface area contributed by atoms with Crippen molar-refractivity contribution in [3.05, 3.63) is 228 Å².